The number of amides is 2. The first kappa shape index (κ1) is 17.2. The van der Waals surface area contributed by atoms with E-state index in [0.717, 1.165) is 27.8 Å². The van der Waals surface area contributed by atoms with E-state index in [2.05, 4.69) is 10.3 Å². The largest absolute Gasteiger partial charge is 0.326 e. The number of carbonyl (C=O) groups is 2. The molecule has 1 N–H and O–H groups in total. The van der Waals surface area contributed by atoms with E-state index in [1.54, 1.807) is 11.1 Å². The van der Waals surface area contributed by atoms with Gasteiger partial charge in [0, 0.05) is 30.2 Å². The van der Waals surface area contributed by atoms with Crippen molar-refractivity contribution in [3.63, 3.8) is 0 Å². The number of rotatable bonds is 3. The van der Waals surface area contributed by atoms with Crippen molar-refractivity contribution in [2.45, 2.75) is 20.3 Å². The Balaban J connectivity index is 1.55. The number of aryl methyl sites for hydroxylation is 2. The number of fused-ring (bicyclic) bond motifs is 1. The van der Waals surface area contributed by atoms with Crippen molar-refractivity contribution in [2.24, 2.45) is 5.92 Å². The number of hydrogen-bond donors (Lipinski definition) is 1. The van der Waals surface area contributed by atoms with E-state index in [-0.39, 0.29) is 24.2 Å². The standard InChI is InChI=1S/C22H21N3O2/c1-14-8-9-18(11-15(14)2)24-22(27)17-12-20(26)25(13-17)19-7-3-5-16-6-4-10-23-21(16)19/h3-11,17H,12-13H2,1-2H3,(H,24,27). The van der Waals surface area contributed by atoms with Gasteiger partial charge in [-0.05, 0) is 49.2 Å². The third-order valence-corrected chi connectivity index (χ3v) is 5.17. The van der Waals surface area contributed by atoms with Crippen molar-refractivity contribution in [3.05, 3.63) is 65.9 Å². The van der Waals surface area contributed by atoms with E-state index >= 15 is 0 Å². The molecule has 2 amide bonds. The number of nitrogens with one attached hydrogen (secondary N) is 1. The van der Waals surface area contributed by atoms with Crippen LogP contribution in [0.4, 0.5) is 11.4 Å². The van der Waals surface area contributed by atoms with E-state index in [1.807, 2.05) is 62.4 Å². The second-order valence-electron chi connectivity index (χ2n) is 7.05. The van der Waals surface area contributed by atoms with Crippen LogP contribution in [-0.4, -0.2) is 23.3 Å². The highest BCUT2D eigenvalue weighted by atomic mass is 16.2. The molecule has 0 aliphatic carbocycles. The summed E-state index contributed by atoms with van der Waals surface area (Å²) < 4.78 is 0. The second-order valence-corrected chi connectivity index (χ2v) is 7.05. The SMILES string of the molecule is Cc1ccc(NC(=O)C2CC(=O)N(c3cccc4cccnc34)C2)cc1C. The van der Waals surface area contributed by atoms with Crippen molar-refractivity contribution in [1.29, 1.82) is 0 Å². The fourth-order valence-corrected chi connectivity index (χ4v) is 3.49. The molecule has 0 saturated carbocycles. The summed E-state index contributed by atoms with van der Waals surface area (Å²) in [7, 11) is 0. The Morgan fingerprint density at radius 1 is 1.11 bits per heavy atom. The van der Waals surface area contributed by atoms with Crippen molar-refractivity contribution < 1.29 is 9.59 Å². The maximum Gasteiger partial charge on any atom is 0.229 e. The van der Waals surface area contributed by atoms with Crippen LogP contribution in [-0.2, 0) is 9.59 Å². The van der Waals surface area contributed by atoms with Gasteiger partial charge in [0.15, 0.2) is 0 Å². The van der Waals surface area contributed by atoms with Gasteiger partial charge >= 0.3 is 0 Å². The number of aromatic nitrogens is 1. The van der Waals surface area contributed by atoms with Gasteiger partial charge in [-0.3, -0.25) is 14.6 Å². The maximum atomic E-state index is 12.7. The zero-order valence-corrected chi connectivity index (χ0v) is 15.4. The van der Waals surface area contributed by atoms with E-state index in [9.17, 15) is 9.59 Å². The predicted octanol–water partition coefficient (Wildman–Crippen LogP) is 3.84. The van der Waals surface area contributed by atoms with Crippen LogP contribution in [0.15, 0.2) is 54.7 Å². The molecule has 0 radical (unpaired) electrons. The molecule has 1 aliphatic heterocycles. The number of nitrogens with zero attached hydrogens (tertiary/aromatic N) is 2. The highest BCUT2D eigenvalue weighted by molar-refractivity contribution is 6.07. The number of pyridine rings is 1. The van der Waals surface area contributed by atoms with Gasteiger partial charge in [-0.25, -0.2) is 0 Å². The van der Waals surface area contributed by atoms with Crippen LogP contribution >= 0.6 is 0 Å². The summed E-state index contributed by atoms with van der Waals surface area (Å²) in [6.45, 7) is 4.41. The first-order valence-corrected chi connectivity index (χ1v) is 9.05. The molecule has 3 aromatic rings. The van der Waals surface area contributed by atoms with Gasteiger partial charge in [-0.15, -0.1) is 0 Å². The number of hydrogen-bond acceptors (Lipinski definition) is 3. The monoisotopic (exact) mass is 359 g/mol. The minimum atomic E-state index is -0.377. The van der Waals surface area contributed by atoms with Gasteiger partial charge in [0.2, 0.25) is 11.8 Å². The topological polar surface area (TPSA) is 62.3 Å². The molecular formula is C22H21N3O2. The van der Waals surface area contributed by atoms with Gasteiger partial charge in [0.05, 0.1) is 17.1 Å². The van der Waals surface area contributed by atoms with Crippen LogP contribution < -0.4 is 10.2 Å². The summed E-state index contributed by atoms with van der Waals surface area (Å²) in [4.78, 5) is 31.4. The molecule has 1 aromatic heterocycles. The number of carbonyl (C=O) groups excluding carboxylic acids is 2. The molecule has 4 rings (SSSR count). The highest BCUT2D eigenvalue weighted by Gasteiger charge is 2.36. The lowest BCUT2D eigenvalue weighted by atomic mass is 10.1. The summed E-state index contributed by atoms with van der Waals surface area (Å²) in [5, 5.41) is 3.93. The molecule has 1 atom stereocenters. The summed E-state index contributed by atoms with van der Waals surface area (Å²) >= 11 is 0. The fourth-order valence-electron chi connectivity index (χ4n) is 3.49. The summed E-state index contributed by atoms with van der Waals surface area (Å²) in [6, 6.07) is 15.4. The van der Waals surface area contributed by atoms with Crippen LogP contribution in [0, 0.1) is 19.8 Å². The van der Waals surface area contributed by atoms with Gasteiger partial charge in [-0.1, -0.05) is 24.3 Å². The molecule has 2 aromatic carbocycles. The summed E-state index contributed by atoms with van der Waals surface area (Å²) in [5.41, 5.74) is 4.61. The van der Waals surface area contributed by atoms with Crippen LogP contribution in [0.5, 0.6) is 0 Å². The van der Waals surface area contributed by atoms with Crippen LogP contribution in [0.25, 0.3) is 10.9 Å². The molecule has 1 unspecified atom stereocenters. The Kier molecular flexibility index (Phi) is 4.36. The van der Waals surface area contributed by atoms with Crippen LogP contribution in [0.1, 0.15) is 17.5 Å². The Morgan fingerprint density at radius 3 is 2.74 bits per heavy atom. The van der Waals surface area contributed by atoms with Gasteiger partial charge < -0.3 is 10.2 Å². The zero-order chi connectivity index (χ0) is 19.0. The van der Waals surface area contributed by atoms with E-state index in [1.165, 1.54) is 5.56 Å². The lowest BCUT2D eigenvalue weighted by Gasteiger charge is -2.18. The number of anilines is 2. The van der Waals surface area contributed by atoms with Crippen molar-refractivity contribution >= 4 is 34.1 Å². The molecule has 5 heteroatoms. The normalized spacial score (nSPS) is 16.7. The Labute approximate surface area is 158 Å². The second kappa shape index (κ2) is 6.83. The Hall–Kier alpha value is -3.21. The van der Waals surface area contributed by atoms with Crippen molar-refractivity contribution in [1.82, 2.24) is 4.98 Å². The molecule has 0 bridgehead atoms. The van der Waals surface area contributed by atoms with E-state index in [4.69, 9.17) is 0 Å². The van der Waals surface area contributed by atoms with E-state index in [0.29, 0.717) is 6.54 Å². The Bertz CT molecular complexity index is 1040. The molecule has 1 fully saturated rings. The minimum absolute atomic E-state index is 0.0478. The number of benzene rings is 2. The third kappa shape index (κ3) is 3.28. The molecule has 5 nitrogen and oxygen atoms in total. The number of para-hydroxylation sites is 1. The molecule has 27 heavy (non-hydrogen) atoms. The minimum Gasteiger partial charge on any atom is -0.326 e. The molecule has 0 spiro atoms. The van der Waals surface area contributed by atoms with Crippen molar-refractivity contribution in [2.75, 3.05) is 16.8 Å². The smallest absolute Gasteiger partial charge is 0.229 e. The van der Waals surface area contributed by atoms with Gasteiger partial charge in [0.1, 0.15) is 0 Å². The quantitative estimate of drug-likeness (QED) is 0.773. The van der Waals surface area contributed by atoms with Gasteiger partial charge in [0.25, 0.3) is 0 Å². The molecule has 1 saturated heterocycles. The first-order valence-electron chi connectivity index (χ1n) is 9.05. The van der Waals surface area contributed by atoms with Crippen LogP contribution in [0.3, 0.4) is 0 Å². The average molecular weight is 359 g/mol. The average Bonchev–Trinajstić information content (AvgIpc) is 3.06. The van der Waals surface area contributed by atoms with Crippen molar-refractivity contribution in [3.8, 4) is 0 Å². The van der Waals surface area contributed by atoms with Crippen LogP contribution in [0.2, 0.25) is 0 Å². The molecule has 136 valence electrons. The maximum absolute atomic E-state index is 12.7. The summed E-state index contributed by atoms with van der Waals surface area (Å²) in [5.74, 6) is -0.547. The lowest BCUT2D eigenvalue weighted by Crippen LogP contribution is -2.28. The van der Waals surface area contributed by atoms with Gasteiger partial charge in [-0.2, -0.15) is 0 Å². The summed E-state index contributed by atoms with van der Waals surface area (Å²) in [6.07, 6.45) is 1.93. The Morgan fingerprint density at radius 2 is 1.93 bits per heavy atom. The van der Waals surface area contributed by atoms with E-state index < -0.39 is 0 Å². The molecule has 2 heterocycles. The predicted molar refractivity (Wildman–Crippen MR) is 107 cm³/mol. The fraction of sp³-hybridized carbons (Fsp3) is 0.227. The molecular weight excluding hydrogens is 338 g/mol. The first-order chi connectivity index (χ1) is 13.0. The third-order valence-electron chi connectivity index (χ3n) is 5.17. The highest BCUT2D eigenvalue weighted by Crippen LogP contribution is 2.31. The molecule has 1 aliphatic rings. The lowest BCUT2D eigenvalue weighted by molar-refractivity contribution is -0.122. The zero-order valence-electron chi connectivity index (χ0n) is 15.4.